The van der Waals surface area contributed by atoms with Gasteiger partial charge in [-0.3, -0.25) is 9.59 Å². The number of benzene rings is 1. The van der Waals surface area contributed by atoms with Gasteiger partial charge in [-0.1, -0.05) is 34.5 Å². The molecule has 5 nitrogen and oxygen atoms in total. The van der Waals surface area contributed by atoms with Crippen molar-refractivity contribution in [2.24, 2.45) is 5.92 Å². The molecule has 2 aliphatic rings. The fourth-order valence-corrected chi connectivity index (χ4v) is 4.26. The van der Waals surface area contributed by atoms with Gasteiger partial charge in [0.25, 0.3) is 0 Å². The second-order valence-electron chi connectivity index (χ2n) is 6.77. The van der Waals surface area contributed by atoms with Crippen LogP contribution in [0.3, 0.4) is 0 Å². The Morgan fingerprint density at radius 1 is 1.19 bits per heavy atom. The van der Waals surface area contributed by atoms with Gasteiger partial charge in [-0.25, -0.2) is 0 Å². The first-order chi connectivity index (χ1) is 12.6. The highest BCUT2D eigenvalue weighted by atomic mass is 79.9. The molecule has 142 valence electrons. The molecule has 7 heteroatoms. The van der Waals surface area contributed by atoms with E-state index in [4.69, 9.17) is 4.74 Å². The number of carbonyl (C=O) groups is 2. The van der Waals surface area contributed by atoms with Crippen molar-refractivity contribution in [3.05, 3.63) is 34.3 Å². The summed E-state index contributed by atoms with van der Waals surface area (Å²) in [7, 11) is 0. The molecule has 1 saturated carbocycles. The molecule has 1 N–H and O–H groups in total. The average molecular weight is 441 g/mol. The van der Waals surface area contributed by atoms with Crippen LogP contribution in [-0.4, -0.2) is 54.5 Å². The Kier molecular flexibility index (Phi) is 7.40. The molecule has 1 heterocycles. The van der Waals surface area contributed by atoms with Gasteiger partial charge in [0.1, 0.15) is 0 Å². The van der Waals surface area contributed by atoms with Crippen LogP contribution in [0.1, 0.15) is 30.9 Å². The van der Waals surface area contributed by atoms with E-state index in [0.717, 1.165) is 22.9 Å². The SMILES string of the molecule is O=C(CSCC(=O)N1CCOCC1)NC(c1ccc(Br)cc1)C1CCC1. The highest BCUT2D eigenvalue weighted by molar-refractivity contribution is 9.10. The third kappa shape index (κ3) is 5.47. The second-order valence-corrected chi connectivity index (χ2v) is 8.67. The van der Waals surface area contributed by atoms with Gasteiger partial charge in [0.15, 0.2) is 0 Å². The van der Waals surface area contributed by atoms with E-state index in [9.17, 15) is 9.59 Å². The van der Waals surface area contributed by atoms with Crippen LogP contribution in [0.4, 0.5) is 0 Å². The Balaban J connectivity index is 1.47. The largest absolute Gasteiger partial charge is 0.378 e. The highest BCUT2D eigenvalue weighted by Gasteiger charge is 2.29. The van der Waals surface area contributed by atoms with Crippen molar-refractivity contribution < 1.29 is 14.3 Å². The fraction of sp³-hybridized carbons (Fsp3) is 0.579. The average Bonchev–Trinajstić information content (AvgIpc) is 2.61. The zero-order chi connectivity index (χ0) is 18.4. The number of hydrogen-bond donors (Lipinski definition) is 1. The van der Waals surface area contributed by atoms with E-state index in [1.807, 2.05) is 17.0 Å². The lowest BCUT2D eigenvalue weighted by Gasteiger charge is -2.34. The van der Waals surface area contributed by atoms with Gasteiger partial charge in [-0.15, -0.1) is 11.8 Å². The summed E-state index contributed by atoms with van der Waals surface area (Å²) in [6, 6.07) is 8.25. The van der Waals surface area contributed by atoms with Gasteiger partial charge in [0, 0.05) is 17.6 Å². The number of amides is 2. The molecule has 0 bridgehead atoms. The molecular weight excluding hydrogens is 416 g/mol. The molecule has 1 aliphatic carbocycles. The Labute approximate surface area is 167 Å². The van der Waals surface area contributed by atoms with Gasteiger partial charge < -0.3 is 15.0 Å². The van der Waals surface area contributed by atoms with Crippen molar-refractivity contribution in [3.63, 3.8) is 0 Å². The summed E-state index contributed by atoms with van der Waals surface area (Å²) in [4.78, 5) is 26.4. The zero-order valence-electron chi connectivity index (χ0n) is 14.8. The first-order valence-electron chi connectivity index (χ1n) is 9.11. The number of thioether (sulfide) groups is 1. The molecule has 1 atom stereocenters. The third-order valence-electron chi connectivity index (χ3n) is 4.99. The standard InChI is InChI=1S/C19H25BrN2O3S/c20-16-6-4-15(5-7-16)19(14-2-1-3-14)21-17(23)12-26-13-18(24)22-8-10-25-11-9-22/h4-7,14,19H,1-3,8-13H2,(H,21,23). The van der Waals surface area contributed by atoms with Gasteiger partial charge >= 0.3 is 0 Å². The summed E-state index contributed by atoms with van der Waals surface area (Å²) in [5.74, 6) is 1.27. The lowest BCUT2D eigenvalue weighted by molar-refractivity contribution is -0.132. The number of nitrogens with one attached hydrogen (secondary N) is 1. The van der Waals surface area contributed by atoms with E-state index in [0.29, 0.717) is 43.7 Å². The maximum absolute atomic E-state index is 12.4. The van der Waals surface area contributed by atoms with E-state index < -0.39 is 0 Å². The van der Waals surface area contributed by atoms with Crippen LogP contribution in [0.15, 0.2) is 28.7 Å². The summed E-state index contributed by atoms with van der Waals surface area (Å²) in [5.41, 5.74) is 1.15. The molecule has 2 fully saturated rings. The van der Waals surface area contributed by atoms with Crippen molar-refractivity contribution in [2.75, 3.05) is 37.8 Å². The molecule has 1 aliphatic heterocycles. The maximum Gasteiger partial charge on any atom is 0.232 e. The predicted octanol–water partition coefficient (Wildman–Crippen LogP) is 3.00. The van der Waals surface area contributed by atoms with Crippen molar-refractivity contribution in [3.8, 4) is 0 Å². The van der Waals surface area contributed by atoms with Gasteiger partial charge in [-0.05, 0) is 36.5 Å². The third-order valence-corrected chi connectivity index (χ3v) is 6.44. The van der Waals surface area contributed by atoms with Crippen LogP contribution >= 0.6 is 27.7 Å². The quantitative estimate of drug-likeness (QED) is 0.707. The molecule has 0 radical (unpaired) electrons. The minimum Gasteiger partial charge on any atom is -0.378 e. The van der Waals surface area contributed by atoms with E-state index in [1.54, 1.807) is 0 Å². The van der Waals surface area contributed by atoms with Crippen LogP contribution < -0.4 is 5.32 Å². The fourth-order valence-electron chi connectivity index (χ4n) is 3.27. The first-order valence-corrected chi connectivity index (χ1v) is 11.1. The Hall–Kier alpha value is -1.05. The molecule has 1 aromatic carbocycles. The lowest BCUT2D eigenvalue weighted by atomic mass is 9.77. The number of ether oxygens (including phenoxy) is 1. The second kappa shape index (κ2) is 9.76. The summed E-state index contributed by atoms with van der Waals surface area (Å²) in [5, 5.41) is 3.19. The number of nitrogens with zero attached hydrogens (tertiary/aromatic N) is 1. The molecule has 1 saturated heterocycles. The van der Waals surface area contributed by atoms with Crippen molar-refractivity contribution in [1.82, 2.24) is 10.2 Å². The lowest BCUT2D eigenvalue weighted by Crippen LogP contribution is -2.42. The number of rotatable bonds is 7. The minimum atomic E-state index is 0.00426. The van der Waals surface area contributed by atoms with Gasteiger partial charge in [0.2, 0.25) is 11.8 Å². The van der Waals surface area contributed by atoms with Crippen molar-refractivity contribution in [1.29, 1.82) is 0 Å². The van der Waals surface area contributed by atoms with Crippen LogP contribution in [0.2, 0.25) is 0 Å². The Morgan fingerprint density at radius 2 is 1.88 bits per heavy atom. The van der Waals surface area contributed by atoms with E-state index >= 15 is 0 Å². The van der Waals surface area contributed by atoms with E-state index in [-0.39, 0.29) is 17.9 Å². The van der Waals surface area contributed by atoms with Crippen LogP contribution in [-0.2, 0) is 14.3 Å². The van der Waals surface area contributed by atoms with Crippen LogP contribution in [0.5, 0.6) is 0 Å². The molecule has 2 amide bonds. The molecular formula is C19H25BrN2O3S. The number of morpholine rings is 1. The summed E-state index contributed by atoms with van der Waals surface area (Å²) >= 11 is 4.85. The molecule has 3 rings (SSSR count). The summed E-state index contributed by atoms with van der Waals surface area (Å²) in [6.45, 7) is 2.51. The van der Waals surface area contributed by atoms with Crippen molar-refractivity contribution >= 4 is 39.5 Å². The van der Waals surface area contributed by atoms with Crippen molar-refractivity contribution in [2.45, 2.75) is 25.3 Å². The Bertz CT molecular complexity index is 616. The van der Waals surface area contributed by atoms with Crippen LogP contribution in [0.25, 0.3) is 0 Å². The topological polar surface area (TPSA) is 58.6 Å². The summed E-state index contributed by atoms with van der Waals surface area (Å²) in [6.07, 6.45) is 3.55. The van der Waals surface area contributed by atoms with Crippen LogP contribution in [0, 0.1) is 5.92 Å². The van der Waals surface area contributed by atoms with E-state index in [1.165, 1.54) is 18.2 Å². The Morgan fingerprint density at radius 3 is 2.50 bits per heavy atom. The minimum absolute atomic E-state index is 0.00426. The number of hydrogen-bond acceptors (Lipinski definition) is 4. The summed E-state index contributed by atoms with van der Waals surface area (Å²) < 4.78 is 6.30. The number of halogens is 1. The number of carbonyl (C=O) groups excluding carboxylic acids is 2. The molecule has 0 spiro atoms. The molecule has 1 aromatic rings. The van der Waals surface area contributed by atoms with Gasteiger partial charge in [-0.2, -0.15) is 0 Å². The molecule has 1 unspecified atom stereocenters. The first kappa shape index (κ1) is 19.7. The zero-order valence-corrected chi connectivity index (χ0v) is 17.2. The smallest absolute Gasteiger partial charge is 0.232 e. The highest BCUT2D eigenvalue weighted by Crippen LogP contribution is 2.38. The van der Waals surface area contributed by atoms with Gasteiger partial charge in [0.05, 0.1) is 30.8 Å². The predicted molar refractivity (Wildman–Crippen MR) is 107 cm³/mol. The van der Waals surface area contributed by atoms with E-state index in [2.05, 4.69) is 33.4 Å². The molecule has 0 aromatic heterocycles. The molecule has 26 heavy (non-hydrogen) atoms. The maximum atomic E-state index is 12.4. The normalized spacial score (nSPS) is 18.9. The monoisotopic (exact) mass is 440 g/mol.